The molecule has 0 spiro atoms. The lowest BCUT2D eigenvalue weighted by Gasteiger charge is -2.27. The molecule has 1 aliphatic heterocycles. The van der Waals surface area contributed by atoms with Crippen LogP contribution >= 0.6 is 0 Å². The lowest BCUT2D eigenvalue weighted by molar-refractivity contribution is 0.0951. The van der Waals surface area contributed by atoms with Crippen molar-refractivity contribution < 1.29 is 17.6 Å². The SMILES string of the molecule is CS(=O)(=O)Nc1ccc(F)cc1C(=O)NCCCN1CCNCC1. The minimum atomic E-state index is -3.55. The Hall–Kier alpha value is -1.71. The maximum Gasteiger partial charge on any atom is 0.253 e. The van der Waals surface area contributed by atoms with Crippen molar-refractivity contribution in [3.8, 4) is 0 Å². The number of hydrogen-bond acceptors (Lipinski definition) is 5. The van der Waals surface area contributed by atoms with E-state index in [1.54, 1.807) is 0 Å². The second-order valence-corrected chi connectivity index (χ2v) is 7.51. The Bertz CT molecular complexity index is 675. The molecule has 0 aromatic heterocycles. The van der Waals surface area contributed by atoms with Crippen molar-refractivity contribution in [1.82, 2.24) is 15.5 Å². The van der Waals surface area contributed by atoms with Gasteiger partial charge in [0.15, 0.2) is 0 Å². The summed E-state index contributed by atoms with van der Waals surface area (Å²) in [6.45, 7) is 5.23. The molecule has 2 rings (SSSR count). The van der Waals surface area contributed by atoms with E-state index in [9.17, 15) is 17.6 Å². The highest BCUT2D eigenvalue weighted by molar-refractivity contribution is 7.92. The lowest BCUT2D eigenvalue weighted by atomic mass is 10.1. The van der Waals surface area contributed by atoms with Gasteiger partial charge < -0.3 is 15.5 Å². The number of halogens is 1. The minimum absolute atomic E-state index is 0.0254. The van der Waals surface area contributed by atoms with Crippen molar-refractivity contribution >= 4 is 21.6 Å². The van der Waals surface area contributed by atoms with Gasteiger partial charge in [0.25, 0.3) is 5.91 Å². The summed E-state index contributed by atoms with van der Waals surface area (Å²) in [4.78, 5) is 14.5. The molecule has 1 aliphatic rings. The third kappa shape index (κ3) is 6.06. The van der Waals surface area contributed by atoms with Crippen molar-refractivity contribution in [3.63, 3.8) is 0 Å². The topological polar surface area (TPSA) is 90.5 Å². The summed E-state index contributed by atoms with van der Waals surface area (Å²) in [6, 6.07) is 3.37. The molecule has 1 aromatic carbocycles. The number of hydrogen-bond donors (Lipinski definition) is 3. The second-order valence-electron chi connectivity index (χ2n) is 5.77. The molecular formula is C15H23FN4O3S. The monoisotopic (exact) mass is 358 g/mol. The zero-order chi connectivity index (χ0) is 17.6. The molecule has 1 heterocycles. The number of sulfonamides is 1. The normalized spacial score (nSPS) is 15.9. The van der Waals surface area contributed by atoms with Crippen LogP contribution in [0.1, 0.15) is 16.8 Å². The molecule has 0 saturated carbocycles. The first-order chi connectivity index (χ1) is 11.3. The Morgan fingerprint density at radius 3 is 2.71 bits per heavy atom. The van der Waals surface area contributed by atoms with Crippen molar-refractivity contribution in [3.05, 3.63) is 29.6 Å². The molecule has 7 nitrogen and oxygen atoms in total. The van der Waals surface area contributed by atoms with Gasteiger partial charge in [-0.3, -0.25) is 9.52 Å². The quantitative estimate of drug-likeness (QED) is 0.607. The Balaban J connectivity index is 1.90. The number of nitrogens with zero attached hydrogens (tertiary/aromatic N) is 1. The number of rotatable bonds is 7. The third-order valence-electron chi connectivity index (χ3n) is 3.67. The van der Waals surface area contributed by atoms with Crippen LogP contribution in [0.4, 0.5) is 10.1 Å². The molecule has 1 fully saturated rings. The van der Waals surface area contributed by atoms with Crippen LogP contribution in [0.5, 0.6) is 0 Å². The highest BCUT2D eigenvalue weighted by atomic mass is 32.2. The summed E-state index contributed by atoms with van der Waals surface area (Å²) in [5.41, 5.74) is 0.0427. The fourth-order valence-electron chi connectivity index (χ4n) is 2.53. The predicted octanol–water partition coefficient (Wildman–Crippen LogP) is 0.222. The van der Waals surface area contributed by atoms with E-state index >= 15 is 0 Å². The summed E-state index contributed by atoms with van der Waals surface area (Å²) in [5, 5.41) is 5.98. The zero-order valence-electron chi connectivity index (χ0n) is 13.6. The highest BCUT2D eigenvalue weighted by Gasteiger charge is 2.15. The van der Waals surface area contributed by atoms with Crippen LogP contribution < -0.4 is 15.4 Å². The van der Waals surface area contributed by atoms with E-state index in [1.165, 1.54) is 6.07 Å². The van der Waals surface area contributed by atoms with E-state index in [4.69, 9.17) is 0 Å². The fourth-order valence-corrected chi connectivity index (χ4v) is 3.11. The van der Waals surface area contributed by atoms with Gasteiger partial charge in [0.2, 0.25) is 10.0 Å². The third-order valence-corrected chi connectivity index (χ3v) is 4.26. The minimum Gasteiger partial charge on any atom is -0.352 e. The molecule has 0 bridgehead atoms. The number of piperazine rings is 1. The summed E-state index contributed by atoms with van der Waals surface area (Å²) in [6.07, 6.45) is 1.75. The van der Waals surface area contributed by atoms with Gasteiger partial charge >= 0.3 is 0 Å². The summed E-state index contributed by atoms with van der Waals surface area (Å²) in [7, 11) is -3.55. The van der Waals surface area contributed by atoms with Gasteiger partial charge in [0.1, 0.15) is 5.82 Å². The van der Waals surface area contributed by atoms with Crippen LogP contribution in [0, 0.1) is 5.82 Å². The maximum absolute atomic E-state index is 13.4. The average molecular weight is 358 g/mol. The molecule has 1 aromatic rings. The van der Waals surface area contributed by atoms with Crippen molar-refractivity contribution in [1.29, 1.82) is 0 Å². The summed E-state index contributed by atoms with van der Waals surface area (Å²) < 4.78 is 38.3. The molecule has 9 heteroatoms. The molecule has 0 aliphatic carbocycles. The first-order valence-electron chi connectivity index (χ1n) is 7.84. The number of carbonyl (C=O) groups excluding carboxylic acids is 1. The van der Waals surface area contributed by atoms with Crippen LogP contribution in [0.15, 0.2) is 18.2 Å². The van der Waals surface area contributed by atoms with Crippen LogP contribution in [0.3, 0.4) is 0 Å². The van der Waals surface area contributed by atoms with Gasteiger partial charge in [0.05, 0.1) is 17.5 Å². The van der Waals surface area contributed by atoms with Gasteiger partial charge in [-0.25, -0.2) is 12.8 Å². The van der Waals surface area contributed by atoms with Gasteiger partial charge in [-0.1, -0.05) is 0 Å². The summed E-state index contributed by atoms with van der Waals surface area (Å²) in [5.74, 6) is -1.10. The Labute approximate surface area is 141 Å². The Kier molecular flexibility index (Phi) is 6.52. The van der Waals surface area contributed by atoms with Gasteiger partial charge in [-0.2, -0.15) is 0 Å². The number of benzene rings is 1. The van der Waals surface area contributed by atoms with Crippen molar-refractivity contribution in [2.45, 2.75) is 6.42 Å². The smallest absolute Gasteiger partial charge is 0.253 e. The summed E-state index contributed by atoms with van der Waals surface area (Å²) >= 11 is 0. The standard InChI is InChI=1S/C15H23FN4O3S/c1-24(22,23)19-14-4-3-12(16)11-13(14)15(21)18-5-2-8-20-9-6-17-7-10-20/h3-4,11,17,19H,2,5-10H2,1H3,(H,18,21). The second kappa shape index (κ2) is 8.41. The molecule has 0 radical (unpaired) electrons. The van der Waals surface area contributed by atoms with Gasteiger partial charge in [-0.15, -0.1) is 0 Å². The van der Waals surface area contributed by atoms with Crippen LogP contribution in [-0.2, 0) is 10.0 Å². The largest absolute Gasteiger partial charge is 0.352 e. The molecule has 0 atom stereocenters. The lowest BCUT2D eigenvalue weighted by Crippen LogP contribution is -2.44. The van der Waals surface area contributed by atoms with Crippen LogP contribution in [-0.4, -0.2) is 64.7 Å². The average Bonchev–Trinajstić information content (AvgIpc) is 2.53. The van der Waals surface area contributed by atoms with Crippen molar-refractivity contribution in [2.24, 2.45) is 0 Å². The molecule has 24 heavy (non-hydrogen) atoms. The van der Waals surface area contributed by atoms with E-state index < -0.39 is 21.7 Å². The Morgan fingerprint density at radius 2 is 2.04 bits per heavy atom. The van der Waals surface area contributed by atoms with E-state index in [1.807, 2.05) is 0 Å². The van der Waals surface area contributed by atoms with Crippen LogP contribution in [0.25, 0.3) is 0 Å². The van der Waals surface area contributed by atoms with Crippen LogP contribution in [0.2, 0.25) is 0 Å². The maximum atomic E-state index is 13.4. The van der Waals surface area contributed by atoms with E-state index in [0.29, 0.717) is 6.54 Å². The van der Waals surface area contributed by atoms with E-state index in [2.05, 4.69) is 20.3 Å². The Morgan fingerprint density at radius 1 is 1.33 bits per heavy atom. The molecule has 1 saturated heterocycles. The van der Waals surface area contributed by atoms with E-state index in [-0.39, 0.29) is 11.3 Å². The van der Waals surface area contributed by atoms with Gasteiger partial charge in [-0.05, 0) is 31.2 Å². The predicted molar refractivity (Wildman–Crippen MR) is 91.1 cm³/mol. The van der Waals surface area contributed by atoms with Crippen molar-refractivity contribution in [2.75, 3.05) is 50.2 Å². The molecule has 3 N–H and O–H groups in total. The molecule has 1 amide bonds. The first kappa shape index (κ1) is 18.6. The number of amides is 1. The van der Waals surface area contributed by atoms with E-state index in [0.717, 1.165) is 57.5 Å². The number of carbonyl (C=O) groups is 1. The molecule has 0 unspecified atom stereocenters. The number of anilines is 1. The molecule has 134 valence electrons. The van der Waals surface area contributed by atoms with Gasteiger partial charge in [0, 0.05) is 32.7 Å². The first-order valence-corrected chi connectivity index (χ1v) is 9.73. The fraction of sp³-hybridized carbons (Fsp3) is 0.533. The zero-order valence-corrected chi connectivity index (χ0v) is 14.5. The number of nitrogens with one attached hydrogen (secondary N) is 3. The highest BCUT2D eigenvalue weighted by Crippen LogP contribution is 2.18. The molecular weight excluding hydrogens is 335 g/mol.